The summed E-state index contributed by atoms with van der Waals surface area (Å²) in [5.74, 6) is 0. The largest absolute Gasteiger partial charge is 0.106 e. The van der Waals surface area contributed by atoms with Crippen molar-refractivity contribution >= 4 is 0 Å². The molecule has 0 radical (unpaired) electrons. The van der Waals surface area contributed by atoms with Crippen molar-refractivity contribution in [2.45, 2.75) is 152 Å². The van der Waals surface area contributed by atoms with Crippen LogP contribution in [0.15, 0.2) is 13.2 Å². The maximum absolute atomic E-state index is 3.00. The fourth-order valence-corrected chi connectivity index (χ4v) is 0. The van der Waals surface area contributed by atoms with Crippen molar-refractivity contribution in [1.82, 2.24) is 0 Å². The van der Waals surface area contributed by atoms with Crippen LogP contribution in [0, 0.1) is 0 Å². The molecule has 0 amide bonds. The Labute approximate surface area is 166 Å². The molecule has 0 aliphatic rings. The van der Waals surface area contributed by atoms with Crippen LogP contribution >= 0.6 is 0 Å². The Morgan fingerprint density at radius 3 is 0.167 bits per heavy atom. The van der Waals surface area contributed by atoms with E-state index in [9.17, 15) is 0 Å². The van der Waals surface area contributed by atoms with Crippen LogP contribution in [0.4, 0.5) is 0 Å². The van der Waals surface area contributed by atoms with Crippen LogP contribution < -0.4 is 0 Å². The Bertz CT molecular complexity index is 0. The van der Waals surface area contributed by atoms with Gasteiger partial charge in [-0.2, -0.15) is 0 Å². The van der Waals surface area contributed by atoms with Crippen LogP contribution in [0.2, 0.25) is 0 Å². The standard InChI is InChI=1S/11C2H6.C2H4/c12*1-2/h11*1-2H3;1-2H2. The van der Waals surface area contributed by atoms with E-state index >= 15 is 0 Å². The zero-order valence-electron chi connectivity index (χ0n) is 23.4. The van der Waals surface area contributed by atoms with Gasteiger partial charge in [0.1, 0.15) is 0 Å². The molecule has 0 heterocycles. The predicted molar refractivity (Wildman–Crippen MR) is 136 cm³/mol. The van der Waals surface area contributed by atoms with Crippen LogP contribution in [-0.4, -0.2) is 0 Å². The smallest absolute Gasteiger partial charge is 0.0683 e. The summed E-state index contributed by atoms with van der Waals surface area (Å²) in [5, 5.41) is 0. The number of hydrogen-bond acceptors (Lipinski definition) is 0. The SMILES string of the molecule is C=C.CC.CC.CC.CC.CC.CC.CC.CC.CC.CC.CC. The minimum Gasteiger partial charge on any atom is -0.106 e. The first-order chi connectivity index (χ1) is 12.0. The van der Waals surface area contributed by atoms with Crippen LogP contribution in [0.25, 0.3) is 0 Å². The molecule has 0 saturated carbocycles. The molecule has 166 valence electrons. The van der Waals surface area contributed by atoms with Crippen molar-refractivity contribution < 1.29 is 0 Å². The van der Waals surface area contributed by atoms with Gasteiger partial charge < -0.3 is 0 Å². The summed E-state index contributed by atoms with van der Waals surface area (Å²) in [6.07, 6.45) is 0. The van der Waals surface area contributed by atoms with Gasteiger partial charge in [-0.15, -0.1) is 13.2 Å². The Kier molecular flexibility index (Phi) is 590000. The summed E-state index contributed by atoms with van der Waals surface area (Å²) in [5.41, 5.74) is 0. The van der Waals surface area contributed by atoms with Gasteiger partial charge in [-0.3, -0.25) is 0 Å². The highest BCUT2D eigenvalue weighted by Gasteiger charge is 0.952. The van der Waals surface area contributed by atoms with Crippen molar-refractivity contribution in [3.05, 3.63) is 13.2 Å². The first-order valence-electron chi connectivity index (χ1n) is 11.5. The third kappa shape index (κ3) is 138000. The monoisotopic (exact) mass is 359 g/mol. The van der Waals surface area contributed by atoms with E-state index in [0.29, 0.717) is 0 Å². The van der Waals surface area contributed by atoms with Gasteiger partial charge >= 0.3 is 0 Å². The molecule has 0 rings (SSSR count). The van der Waals surface area contributed by atoms with Gasteiger partial charge in [-0.05, 0) is 0 Å². The van der Waals surface area contributed by atoms with Crippen molar-refractivity contribution in [3.8, 4) is 0 Å². The van der Waals surface area contributed by atoms with Gasteiger partial charge in [-0.1, -0.05) is 152 Å². The molecular weight excluding hydrogens is 288 g/mol. The molecule has 0 aromatic heterocycles. The summed E-state index contributed by atoms with van der Waals surface area (Å²) in [6.45, 7) is 50.0. The Morgan fingerprint density at radius 2 is 0.167 bits per heavy atom. The summed E-state index contributed by atoms with van der Waals surface area (Å²) >= 11 is 0. The Balaban J connectivity index is -0.00000000655. The lowest BCUT2D eigenvalue weighted by atomic mass is 11.0. The highest BCUT2D eigenvalue weighted by Crippen LogP contribution is 1.16. The Morgan fingerprint density at radius 1 is 0.167 bits per heavy atom. The van der Waals surface area contributed by atoms with Crippen molar-refractivity contribution in [2.24, 2.45) is 0 Å². The van der Waals surface area contributed by atoms with Crippen LogP contribution in [0.1, 0.15) is 152 Å². The lowest BCUT2D eigenvalue weighted by Gasteiger charge is -1.07. The van der Waals surface area contributed by atoms with E-state index in [0.717, 1.165) is 0 Å². The van der Waals surface area contributed by atoms with E-state index in [-0.39, 0.29) is 0 Å². The summed E-state index contributed by atoms with van der Waals surface area (Å²) < 4.78 is 0. The first-order valence-corrected chi connectivity index (χ1v) is 11.5. The van der Waals surface area contributed by atoms with Crippen molar-refractivity contribution in [2.75, 3.05) is 0 Å². The average molecular weight is 359 g/mol. The molecule has 0 nitrogen and oxygen atoms in total. The molecule has 0 spiro atoms. The maximum atomic E-state index is 3.00. The second kappa shape index (κ2) is 159000. The van der Waals surface area contributed by atoms with Crippen LogP contribution in [0.5, 0.6) is 0 Å². The Hall–Kier alpha value is -0.260. The highest BCUT2D eigenvalue weighted by molar-refractivity contribution is 4.22. The second-order valence-corrected chi connectivity index (χ2v) is 0. The molecule has 0 fully saturated rings. The molecule has 0 aliphatic carbocycles. The predicted octanol–water partition coefficient (Wildman–Crippen LogP) is 12.1. The molecule has 0 aliphatic heterocycles. The van der Waals surface area contributed by atoms with Crippen LogP contribution in [0.3, 0.4) is 0 Å². The summed E-state index contributed by atoms with van der Waals surface area (Å²) in [4.78, 5) is 0. The fourth-order valence-electron chi connectivity index (χ4n) is 0. The number of rotatable bonds is 0. The average Bonchev–Trinajstić information content (AvgIpc) is 2.84. The molecule has 0 saturated heterocycles. The normalized spacial score (nSPS) is 2.92. The van der Waals surface area contributed by atoms with Gasteiger partial charge in [0.15, 0.2) is 0 Å². The van der Waals surface area contributed by atoms with E-state index in [4.69, 9.17) is 0 Å². The van der Waals surface area contributed by atoms with E-state index in [1.54, 1.807) is 0 Å². The van der Waals surface area contributed by atoms with Gasteiger partial charge in [-0.25, -0.2) is 0 Å². The molecule has 0 bridgehead atoms. The lowest BCUT2D eigenvalue weighted by Crippen LogP contribution is -0.856. The second-order valence-electron chi connectivity index (χ2n) is 0. The summed E-state index contributed by atoms with van der Waals surface area (Å²) in [7, 11) is 0. The van der Waals surface area contributed by atoms with E-state index in [2.05, 4.69) is 13.2 Å². The third-order valence-corrected chi connectivity index (χ3v) is 0. The van der Waals surface area contributed by atoms with Crippen LogP contribution in [-0.2, 0) is 0 Å². The number of hydrogen-bond donors (Lipinski definition) is 0. The molecule has 0 aromatic rings. The van der Waals surface area contributed by atoms with Gasteiger partial charge in [0.25, 0.3) is 0 Å². The maximum Gasteiger partial charge on any atom is -0.0683 e. The minimum atomic E-state index is 2.00. The molecule has 24 heavy (non-hydrogen) atoms. The summed E-state index contributed by atoms with van der Waals surface area (Å²) in [6, 6.07) is 0. The van der Waals surface area contributed by atoms with Gasteiger partial charge in [0.05, 0.1) is 0 Å². The quantitative estimate of drug-likeness (QED) is 0.377. The van der Waals surface area contributed by atoms with Gasteiger partial charge in [0.2, 0.25) is 0 Å². The zero-order chi connectivity index (χ0) is 24.0. The molecule has 0 N–H and O–H groups in total. The molecule has 0 aromatic carbocycles. The van der Waals surface area contributed by atoms with Gasteiger partial charge in [0, 0.05) is 0 Å². The highest BCUT2D eigenvalue weighted by atomic mass is 13.0. The third-order valence-electron chi connectivity index (χ3n) is 0. The van der Waals surface area contributed by atoms with Crippen molar-refractivity contribution in [3.63, 3.8) is 0 Å². The topological polar surface area (TPSA) is 0 Å². The molecule has 0 unspecified atom stereocenters. The lowest BCUT2D eigenvalue weighted by molar-refractivity contribution is 1.50. The van der Waals surface area contributed by atoms with Crippen molar-refractivity contribution in [1.29, 1.82) is 0 Å². The molecule has 0 atom stereocenters. The zero-order valence-corrected chi connectivity index (χ0v) is 23.4. The van der Waals surface area contributed by atoms with E-state index < -0.39 is 0 Å². The van der Waals surface area contributed by atoms with E-state index in [1.807, 2.05) is 152 Å². The fraction of sp³-hybridized carbons (Fsp3) is 0.917. The minimum absolute atomic E-state index is 2.00. The molecular formula is C24H70. The first kappa shape index (κ1) is 89.1. The molecule has 0 heteroatoms. The van der Waals surface area contributed by atoms with E-state index in [1.165, 1.54) is 0 Å².